The average molecular weight is 1750 g/mol. The zero-order valence-corrected chi connectivity index (χ0v) is 70.3. The van der Waals surface area contributed by atoms with Gasteiger partial charge in [-0.3, -0.25) is 38.1 Å². The fraction of sp³-hybridized carbons (Fsp3) is 0.537. The molecule has 12 rings (SSSR count). The number of aromatic hydroxyl groups is 3. The van der Waals surface area contributed by atoms with E-state index in [4.69, 9.17) is 57.4 Å². The molecule has 0 aromatic heterocycles. The van der Waals surface area contributed by atoms with Gasteiger partial charge >= 0.3 is 13.6 Å². The molecule has 22 N–H and O–H groups in total. The number of halogens is 2. The summed E-state index contributed by atoms with van der Waals surface area (Å²) < 4.78 is 51.7. The summed E-state index contributed by atoms with van der Waals surface area (Å²) in [7, 11) is -3.20. The van der Waals surface area contributed by atoms with Crippen LogP contribution in [0.15, 0.2) is 72.8 Å². The zero-order chi connectivity index (χ0) is 88.2. The number of rotatable bonds is 30. The normalized spacial score (nSPS) is 26.7. The van der Waals surface area contributed by atoms with Crippen LogP contribution in [0.4, 0.5) is 0 Å². The first-order valence-electron chi connectivity index (χ1n) is 40.3. The van der Waals surface area contributed by atoms with Crippen LogP contribution < -0.4 is 67.8 Å². The van der Waals surface area contributed by atoms with Gasteiger partial charge in [0.15, 0.2) is 29.9 Å². The minimum atomic E-state index is -4.73. The number of primary amides is 1. The summed E-state index contributed by atoms with van der Waals surface area (Å²) in [5.41, 5.74) is 1.44. The van der Waals surface area contributed by atoms with Gasteiger partial charge in [-0.25, -0.2) is 4.79 Å². The number of carboxylic acid groups (broad SMARTS) is 1. The summed E-state index contributed by atoms with van der Waals surface area (Å²) in [4.78, 5) is 139. The number of hydrogen-bond acceptors (Lipinski definition) is 26. The monoisotopic (exact) mass is 1750 g/mol. The smallest absolute Gasteiger partial charge is 0.330 e. The number of carbonyl (C=O) groups is 8. The molecule has 2 saturated heterocycles. The van der Waals surface area contributed by atoms with Gasteiger partial charge in [0.25, 0.3) is 0 Å². The summed E-state index contributed by atoms with van der Waals surface area (Å²) in [5, 5.41) is 130. The minimum Gasteiger partial charge on any atom is -0.508 e. The highest BCUT2D eigenvalue weighted by Crippen LogP contribution is 2.51. The number of benzene rings is 5. The molecule has 5 aromatic carbocycles. The van der Waals surface area contributed by atoms with Crippen molar-refractivity contribution in [2.45, 2.75) is 234 Å². The SMILES string of the molecule is CCCCCCCCCCNCCN[C@@]1(C)C[C@H](O[C@H]2[C@H](Oc3c4cc5cc3Oc3ccc(cc3Cl)[C@H](C)[C@@H](NC(=O)[C@@H](CC(C)C)NC)C(=O)N[C@@H](CC(N)=O)C(=O)N[C@H]5C(=O)N[C@H]3C(=O)N[C@H](C(=O)N[C@H](C(=O)O)c5cc(O)c(CCCP(=O)(O)O)c(O)c5-c5cc3ccc5O)[C@H](O)c3ccc(c(Cl)c3)O4)O[C@H](CO)[C@@H](O)[C@@H]2O)O[C@@H](C)[C@H]1O. The van der Waals surface area contributed by atoms with Crippen molar-refractivity contribution in [1.82, 2.24) is 47.9 Å². The van der Waals surface area contributed by atoms with Crippen molar-refractivity contribution in [3.63, 3.8) is 0 Å². The quantitative estimate of drug-likeness (QED) is 0.0220. The summed E-state index contributed by atoms with van der Waals surface area (Å²) >= 11 is 14.5. The number of hydrogen-bond donors (Lipinski definition) is 21. The third-order valence-corrected chi connectivity index (χ3v) is 23.8. The lowest BCUT2D eigenvalue weighted by molar-refractivity contribution is -0.334. The first-order valence-corrected chi connectivity index (χ1v) is 42.9. The fourth-order valence-electron chi connectivity index (χ4n) is 15.6. The number of fused-ring (bicyclic) bond motifs is 15. The number of aliphatic hydroxyl groups is 5. The molecule has 662 valence electrons. The molecule has 121 heavy (non-hydrogen) atoms. The number of ether oxygens (including phenoxy) is 6. The third kappa shape index (κ3) is 23.1. The Morgan fingerprint density at radius 2 is 1.32 bits per heavy atom. The van der Waals surface area contributed by atoms with Crippen LogP contribution in [0.5, 0.6) is 46.0 Å². The number of carboxylic acids is 1. The van der Waals surface area contributed by atoms with Crippen LogP contribution in [0.25, 0.3) is 11.1 Å². The minimum absolute atomic E-state index is 0.0582. The van der Waals surface area contributed by atoms with Crippen molar-refractivity contribution in [2.75, 3.05) is 39.5 Å². The number of aliphatic carboxylic acids is 1. The maximum absolute atomic E-state index is 16.4. The van der Waals surface area contributed by atoms with E-state index in [0.29, 0.717) is 13.1 Å². The van der Waals surface area contributed by atoms with E-state index in [2.05, 4.69) is 54.8 Å². The van der Waals surface area contributed by atoms with E-state index in [9.17, 15) is 74.7 Å². The number of phenols is 3. The van der Waals surface area contributed by atoms with E-state index >= 15 is 24.0 Å². The molecule has 36 nitrogen and oxygen atoms in total. The summed E-state index contributed by atoms with van der Waals surface area (Å²) in [5.74, 6) is -16.9. The van der Waals surface area contributed by atoms with Gasteiger partial charge in [0.1, 0.15) is 83.4 Å². The molecular formula is C82H109Cl2N10O26P. The Bertz CT molecular complexity index is 4640. The Hall–Kier alpha value is -9.05. The van der Waals surface area contributed by atoms with Crippen LogP contribution in [0.2, 0.25) is 10.0 Å². The first kappa shape index (κ1) is 94.2. The van der Waals surface area contributed by atoms with Crippen LogP contribution in [0.3, 0.4) is 0 Å². The number of phenolic OH excluding ortho intramolecular Hbond substituents is 3. The van der Waals surface area contributed by atoms with Gasteiger partial charge in [-0.2, -0.15) is 0 Å². The van der Waals surface area contributed by atoms with Gasteiger partial charge in [0.05, 0.1) is 47.5 Å². The predicted molar refractivity (Wildman–Crippen MR) is 437 cm³/mol. The molecule has 5 aromatic rings. The van der Waals surface area contributed by atoms with Crippen molar-refractivity contribution in [2.24, 2.45) is 11.7 Å². The van der Waals surface area contributed by atoms with Gasteiger partial charge < -0.3 is 138 Å². The third-order valence-electron chi connectivity index (χ3n) is 22.3. The number of aliphatic hydroxyl groups excluding tert-OH is 5. The number of nitrogens with two attached hydrogens (primary N) is 1. The lowest BCUT2D eigenvalue weighted by Gasteiger charge is -2.48. The molecule has 11 bridgehead atoms. The Morgan fingerprint density at radius 3 is 1.94 bits per heavy atom. The van der Waals surface area contributed by atoms with Crippen LogP contribution in [0.1, 0.15) is 182 Å². The Labute approximate surface area is 708 Å². The highest BCUT2D eigenvalue weighted by Gasteiger charge is 2.52. The molecule has 18 atom stereocenters. The number of carbonyl (C=O) groups excluding carboxylic acids is 7. The van der Waals surface area contributed by atoms with Crippen LogP contribution in [-0.2, 0) is 63.6 Å². The molecule has 7 amide bonds. The predicted octanol–water partition coefficient (Wildman–Crippen LogP) is 4.65. The number of amides is 7. The van der Waals surface area contributed by atoms with Crippen molar-refractivity contribution >= 4 is 78.1 Å². The van der Waals surface area contributed by atoms with Crippen molar-refractivity contribution in [3.05, 3.63) is 116 Å². The van der Waals surface area contributed by atoms with Crippen molar-refractivity contribution < 1.29 is 127 Å². The molecule has 7 aliphatic rings. The average Bonchev–Trinajstić information content (AvgIpc) is 1.36. The Balaban J connectivity index is 1.17. The Kier molecular flexibility index (Phi) is 32.2. The van der Waals surface area contributed by atoms with Gasteiger partial charge in [0, 0.05) is 53.2 Å². The maximum atomic E-state index is 16.4. The largest absolute Gasteiger partial charge is 0.508 e. The van der Waals surface area contributed by atoms with Crippen LogP contribution in [-0.4, -0.2) is 221 Å². The van der Waals surface area contributed by atoms with Gasteiger partial charge in [0.2, 0.25) is 53.4 Å². The molecule has 2 fully saturated rings. The van der Waals surface area contributed by atoms with Crippen LogP contribution >= 0.6 is 30.8 Å². The highest BCUT2D eigenvalue weighted by atomic mass is 35.5. The molecule has 7 aliphatic heterocycles. The zero-order valence-electron chi connectivity index (χ0n) is 67.9. The number of likely N-dealkylation sites (N-methyl/N-ethyl adjacent to an activating group) is 1. The van der Waals surface area contributed by atoms with E-state index in [-0.39, 0.29) is 40.7 Å². The molecule has 0 radical (unpaired) electrons. The maximum Gasteiger partial charge on any atom is 0.330 e. The van der Waals surface area contributed by atoms with Crippen molar-refractivity contribution in [3.8, 4) is 57.1 Å². The van der Waals surface area contributed by atoms with Crippen molar-refractivity contribution in [1.29, 1.82) is 0 Å². The second-order valence-corrected chi connectivity index (χ2v) is 34.5. The molecule has 0 saturated carbocycles. The van der Waals surface area contributed by atoms with E-state index < -0.39 is 275 Å². The topological polar surface area (TPSA) is 566 Å². The van der Waals surface area contributed by atoms with E-state index in [1.807, 2.05) is 13.8 Å². The summed E-state index contributed by atoms with van der Waals surface area (Å²) in [6.45, 7) is 11.5. The molecule has 0 aliphatic carbocycles. The summed E-state index contributed by atoms with van der Waals surface area (Å²) in [6.07, 6.45) is -8.66. The lowest BCUT2D eigenvalue weighted by Crippen LogP contribution is -2.65. The summed E-state index contributed by atoms with van der Waals surface area (Å²) in [6, 6.07) is -0.551. The van der Waals surface area contributed by atoms with E-state index in [0.717, 1.165) is 80.4 Å². The first-order chi connectivity index (χ1) is 57.3. The van der Waals surface area contributed by atoms with Crippen LogP contribution in [0, 0.1) is 5.92 Å². The fourth-order valence-corrected chi connectivity index (χ4v) is 16.6. The highest BCUT2D eigenvalue weighted by molar-refractivity contribution is 7.51. The lowest BCUT2D eigenvalue weighted by atomic mass is 9.85. The molecular weight excluding hydrogens is 1640 g/mol. The van der Waals surface area contributed by atoms with Gasteiger partial charge in [-0.15, -0.1) is 0 Å². The molecule has 39 heteroatoms. The number of unbranched alkanes of at least 4 members (excludes halogenated alkanes) is 7. The molecule has 7 heterocycles. The molecule has 0 unspecified atom stereocenters. The Morgan fingerprint density at radius 1 is 0.702 bits per heavy atom. The standard InChI is InChI=1S/C82H109Cl2N10O26P/c1-8-9-10-11-12-13-14-15-24-87-25-26-88-82(6)36-60(115-40(5)73(82)103)119-72-70(102)69(101)58(37-95)118-81(72)120-71-56-32-44-33-57(71)117-55-23-20-43(31-49(55)84)67(99)66-79(109)93-65(80(110)111)47-34-53(97)45(17-16-27-121(112,113)114)68(100)61(47)46-29-42(18-21-52(46)96)63(77(107)94-66)92-78(108)64(44)91-75(105)51(35-59(85)98)89-76(106)62(90-74(104)50(86-7)28-38(2)3)39(4)41-19-22-54(116-56)48(83)30-41/h18-23,29-34,38-40,50-51,58,60,62-67,69-70,72-73,81,86-88,95-97,99-103H,8-17,24-28,35-37H2,1-7H3,(H2,85,98)(H,89,106)(H,90,104)(H,91,105)(H,92,108)(H,93,109)(H,94,107)(H,110,111)(H2,112,113,114)/t39-,40-,50+,51-,58+,60-,62+,63+,64+,65-,66-,67+,69+,70-,72+,73+,81-,82-/m0/s1. The second-order valence-electron chi connectivity index (χ2n) is 31.9. The van der Waals surface area contributed by atoms with Gasteiger partial charge in [-0.05, 0) is 136 Å². The van der Waals surface area contributed by atoms with E-state index in [1.54, 1.807) is 20.8 Å². The molecule has 0 spiro atoms. The number of nitrogens with one attached hydrogen (secondary N) is 9. The van der Waals surface area contributed by atoms with Gasteiger partial charge in [-0.1, -0.05) is 114 Å². The van der Waals surface area contributed by atoms with E-state index in [1.165, 1.54) is 57.4 Å². The second kappa shape index (κ2) is 41.4.